The molecule has 0 spiro atoms. The van der Waals surface area contributed by atoms with E-state index in [1.807, 2.05) is 0 Å². The molecule has 0 bridgehead atoms. The van der Waals surface area contributed by atoms with Crippen molar-refractivity contribution < 1.29 is 24.3 Å². The van der Waals surface area contributed by atoms with Gasteiger partial charge in [-0.1, -0.05) is 12.1 Å². The van der Waals surface area contributed by atoms with E-state index in [-0.39, 0.29) is 25.2 Å². The van der Waals surface area contributed by atoms with Crippen molar-refractivity contribution in [1.29, 1.82) is 0 Å². The minimum Gasteiger partial charge on any atom is -0.481 e. The lowest BCUT2D eigenvalue weighted by Crippen LogP contribution is -2.36. The monoisotopic (exact) mass is 337 g/mol. The summed E-state index contributed by atoms with van der Waals surface area (Å²) >= 11 is 0. The van der Waals surface area contributed by atoms with Crippen molar-refractivity contribution in [1.82, 2.24) is 5.48 Å². The molecule has 0 aliphatic carbocycles. The number of aliphatic carboxylic acids is 1. The Bertz CT molecular complexity index is 596. The van der Waals surface area contributed by atoms with Gasteiger partial charge in [0.25, 0.3) is 0 Å². The number of carbonyl (C=O) groups excluding carboxylic acids is 2. The number of carboxylic acids is 1. The Morgan fingerprint density at radius 3 is 2.17 bits per heavy atom. The number of urea groups is 1. The highest BCUT2D eigenvalue weighted by molar-refractivity contribution is 5.98. The van der Waals surface area contributed by atoms with Gasteiger partial charge in [-0.15, -0.1) is 0 Å². The van der Waals surface area contributed by atoms with Crippen LogP contribution in [0.3, 0.4) is 0 Å². The number of rotatable bonds is 7. The number of amides is 3. The van der Waals surface area contributed by atoms with Gasteiger partial charge < -0.3 is 15.7 Å². The van der Waals surface area contributed by atoms with E-state index in [1.54, 1.807) is 45.0 Å². The Morgan fingerprint density at radius 1 is 1.04 bits per heavy atom. The van der Waals surface area contributed by atoms with E-state index < -0.39 is 17.6 Å². The first-order chi connectivity index (χ1) is 11.2. The zero-order valence-electron chi connectivity index (χ0n) is 14.0. The van der Waals surface area contributed by atoms with Crippen molar-refractivity contribution in [3.05, 3.63) is 24.3 Å². The Labute approximate surface area is 140 Å². The zero-order valence-corrected chi connectivity index (χ0v) is 14.0. The molecule has 0 heterocycles. The Hall–Kier alpha value is -2.61. The van der Waals surface area contributed by atoms with Crippen molar-refractivity contribution in [3.8, 4) is 0 Å². The highest BCUT2D eigenvalue weighted by Gasteiger charge is 2.14. The summed E-state index contributed by atoms with van der Waals surface area (Å²) in [7, 11) is 0. The molecule has 0 aromatic heterocycles. The molecule has 0 radical (unpaired) electrons. The molecule has 0 unspecified atom stereocenters. The van der Waals surface area contributed by atoms with Crippen LogP contribution in [0.25, 0.3) is 0 Å². The third-order valence-electron chi connectivity index (χ3n) is 2.69. The average molecular weight is 337 g/mol. The van der Waals surface area contributed by atoms with Crippen LogP contribution in [0, 0.1) is 0 Å². The van der Waals surface area contributed by atoms with Crippen LogP contribution in [0.15, 0.2) is 24.3 Å². The van der Waals surface area contributed by atoms with Gasteiger partial charge in [0.2, 0.25) is 5.91 Å². The topological polar surface area (TPSA) is 117 Å². The van der Waals surface area contributed by atoms with Gasteiger partial charge in [-0.25, -0.2) is 10.3 Å². The van der Waals surface area contributed by atoms with Crippen LogP contribution in [0.5, 0.6) is 0 Å². The molecule has 0 aliphatic heterocycles. The minimum atomic E-state index is -0.944. The second-order valence-electron chi connectivity index (χ2n) is 6.11. The molecule has 0 fully saturated rings. The lowest BCUT2D eigenvalue weighted by Gasteiger charge is -2.19. The molecular formula is C16H23N3O5. The van der Waals surface area contributed by atoms with Crippen molar-refractivity contribution in [3.63, 3.8) is 0 Å². The zero-order chi connectivity index (χ0) is 18.2. The van der Waals surface area contributed by atoms with E-state index in [4.69, 9.17) is 9.94 Å². The molecule has 0 saturated heterocycles. The largest absolute Gasteiger partial charge is 0.481 e. The van der Waals surface area contributed by atoms with Gasteiger partial charge in [-0.05, 0) is 39.3 Å². The van der Waals surface area contributed by atoms with Gasteiger partial charge in [-0.2, -0.15) is 0 Å². The number of hydroxylamine groups is 1. The second-order valence-corrected chi connectivity index (χ2v) is 6.11. The molecule has 1 aromatic rings. The smallest absolute Gasteiger partial charge is 0.343 e. The Kier molecular flexibility index (Phi) is 7.19. The predicted molar refractivity (Wildman–Crippen MR) is 89.6 cm³/mol. The van der Waals surface area contributed by atoms with Crippen LogP contribution < -0.4 is 16.1 Å². The summed E-state index contributed by atoms with van der Waals surface area (Å²) in [6.45, 7) is 5.37. The van der Waals surface area contributed by atoms with E-state index in [2.05, 4.69) is 16.1 Å². The summed E-state index contributed by atoms with van der Waals surface area (Å²) in [5, 5.41) is 13.8. The normalized spacial score (nSPS) is 10.8. The maximum atomic E-state index is 11.8. The summed E-state index contributed by atoms with van der Waals surface area (Å²) in [6.07, 6.45) is 0.260. The maximum absolute atomic E-state index is 11.8. The third kappa shape index (κ3) is 8.14. The van der Waals surface area contributed by atoms with Gasteiger partial charge >= 0.3 is 12.0 Å². The highest BCUT2D eigenvalue weighted by Crippen LogP contribution is 2.21. The van der Waals surface area contributed by atoms with Gasteiger partial charge in [0.05, 0.1) is 17.0 Å². The maximum Gasteiger partial charge on any atom is 0.343 e. The lowest BCUT2D eigenvalue weighted by molar-refractivity contribution is -0.137. The molecule has 8 heteroatoms. The van der Waals surface area contributed by atoms with Gasteiger partial charge in [0.15, 0.2) is 0 Å². The van der Waals surface area contributed by atoms with Crippen LogP contribution in [-0.2, 0) is 14.4 Å². The minimum absolute atomic E-state index is 0.0696. The fourth-order valence-corrected chi connectivity index (χ4v) is 1.66. The van der Waals surface area contributed by atoms with E-state index in [9.17, 15) is 14.4 Å². The number of anilines is 2. The van der Waals surface area contributed by atoms with Crippen LogP contribution in [-0.4, -0.2) is 28.6 Å². The molecule has 1 aromatic carbocycles. The summed E-state index contributed by atoms with van der Waals surface area (Å²) in [6, 6.07) is 6.11. The van der Waals surface area contributed by atoms with Crippen molar-refractivity contribution >= 4 is 29.3 Å². The SMILES string of the molecule is CC(C)(C)ONC(=O)Nc1ccccc1NC(=O)CCCC(=O)O. The van der Waals surface area contributed by atoms with Crippen LogP contribution >= 0.6 is 0 Å². The predicted octanol–water partition coefficient (Wildman–Crippen LogP) is 2.73. The van der Waals surface area contributed by atoms with Gasteiger partial charge in [-0.3, -0.25) is 14.4 Å². The highest BCUT2D eigenvalue weighted by atomic mass is 16.7. The van der Waals surface area contributed by atoms with E-state index in [0.29, 0.717) is 11.4 Å². The first-order valence-electron chi connectivity index (χ1n) is 7.53. The molecule has 3 amide bonds. The third-order valence-corrected chi connectivity index (χ3v) is 2.69. The summed E-state index contributed by atoms with van der Waals surface area (Å²) < 4.78 is 0. The number of hydrogen-bond donors (Lipinski definition) is 4. The number of nitrogens with one attached hydrogen (secondary N) is 3. The Balaban J connectivity index is 2.59. The van der Waals surface area contributed by atoms with Crippen LogP contribution in [0.1, 0.15) is 40.0 Å². The second kappa shape index (κ2) is 8.88. The average Bonchev–Trinajstić information content (AvgIpc) is 2.46. The molecule has 132 valence electrons. The van der Waals surface area contributed by atoms with E-state index in [0.717, 1.165) is 0 Å². The number of para-hydroxylation sites is 2. The molecular weight excluding hydrogens is 314 g/mol. The summed E-state index contributed by atoms with van der Waals surface area (Å²) in [5.74, 6) is -1.27. The molecule has 0 aliphatic rings. The Morgan fingerprint density at radius 2 is 1.62 bits per heavy atom. The summed E-state index contributed by atoms with van der Waals surface area (Å²) in [4.78, 5) is 39.3. The van der Waals surface area contributed by atoms with Crippen LogP contribution in [0.4, 0.5) is 16.2 Å². The number of carbonyl (C=O) groups is 3. The fraction of sp³-hybridized carbons (Fsp3) is 0.438. The van der Waals surface area contributed by atoms with Crippen LogP contribution in [0.2, 0.25) is 0 Å². The molecule has 8 nitrogen and oxygen atoms in total. The van der Waals surface area contributed by atoms with E-state index >= 15 is 0 Å². The lowest BCUT2D eigenvalue weighted by atomic mass is 10.2. The van der Waals surface area contributed by atoms with Crippen molar-refractivity contribution in [2.45, 2.75) is 45.6 Å². The number of benzene rings is 1. The van der Waals surface area contributed by atoms with E-state index in [1.165, 1.54) is 0 Å². The first kappa shape index (κ1) is 19.4. The van der Waals surface area contributed by atoms with Crippen molar-refractivity contribution in [2.75, 3.05) is 10.6 Å². The summed E-state index contributed by atoms with van der Waals surface area (Å²) in [5.41, 5.74) is 2.56. The molecule has 0 atom stereocenters. The van der Waals surface area contributed by atoms with Crippen molar-refractivity contribution in [2.24, 2.45) is 0 Å². The molecule has 0 saturated carbocycles. The number of hydrogen-bond acceptors (Lipinski definition) is 4. The fourth-order valence-electron chi connectivity index (χ4n) is 1.66. The number of carboxylic acid groups (broad SMARTS) is 1. The molecule has 4 N–H and O–H groups in total. The van der Waals surface area contributed by atoms with Gasteiger partial charge in [0, 0.05) is 12.8 Å². The van der Waals surface area contributed by atoms with Gasteiger partial charge in [0.1, 0.15) is 0 Å². The molecule has 24 heavy (non-hydrogen) atoms. The standard InChI is InChI=1S/C16H23N3O5/c1-16(2,3)24-19-15(23)18-12-8-5-4-7-11(12)17-13(20)9-6-10-14(21)22/h4-5,7-8H,6,9-10H2,1-3H3,(H,17,20)(H,21,22)(H2,18,19,23). The quantitative estimate of drug-likeness (QED) is 0.571. The first-order valence-corrected chi connectivity index (χ1v) is 7.53. The molecule has 1 rings (SSSR count).